The Morgan fingerprint density at radius 2 is 1.76 bits per heavy atom. The van der Waals surface area contributed by atoms with Crippen LogP contribution in [0.2, 0.25) is 0 Å². The van der Waals surface area contributed by atoms with E-state index in [9.17, 15) is 4.79 Å². The van der Waals surface area contributed by atoms with Crippen molar-refractivity contribution >= 4 is 5.91 Å². The molecule has 0 fully saturated rings. The summed E-state index contributed by atoms with van der Waals surface area (Å²) in [5, 5.41) is 6.42. The zero-order chi connectivity index (χ0) is 13.5. The maximum Gasteiger partial charge on any atom is 0.240 e. The predicted molar refractivity (Wildman–Crippen MR) is 74.0 cm³/mol. The lowest BCUT2D eigenvalue weighted by Gasteiger charge is -2.32. The Morgan fingerprint density at radius 1 is 1.18 bits per heavy atom. The number of hydrogen-bond acceptors (Lipinski definition) is 2. The summed E-state index contributed by atoms with van der Waals surface area (Å²) in [7, 11) is 0. The van der Waals surface area contributed by atoms with Gasteiger partial charge in [0.15, 0.2) is 0 Å². The summed E-state index contributed by atoms with van der Waals surface area (Å²) >= 11 is 0. The monoisotopic (exact) mass is 242 g/mol. The highest BCUT2D eigenvalue weighted by Gasteiger charge is 2.32. The summed E-state index contributed by atoms with van der Waals surface area (Å²) < 4.78 is 0. The molecule has 0 spiro atoms. The average molecular weight is 242 g/mol. The second-order valence-electron chi connectivity index (χ2n) is 5.96. The molecule has 1 unspecified atom stereocenters. The van der Waals surface area contributed by atoms with Gasteiger partial charge < -0.3 is 10.6 Å². The quantitative estimate of drug-likeness (QED) is 0.687. The Morgan fingerprint density at radius 3 is 2.18 bits per heavy atom. The fraction of sp³-hybridized carbons (Fsp3) is 0.929. The van der Waals surface area contributed by atoms with Crippen LogP contribution in [0.4, 0.5) is 0 Å². The Balaban J connectivity index is 4.52. The maximum absolute atomic E-state index is 12.2. The van der Waals surface area contributed by atoms with Gasteiger partial charge in [-0.05, 0) is 38.1 Å². The molecule has 0 aromatic carbocycles. The van der Waals surface area contributed by atoms with Gasteiger partial charge in [-0.3, -0.25) is 4.79 Å². The Kier molecular flexibility index (Phi) is 7.44. The molecule has 2 N–H and O–H groups in total. The van der Waals surface area contributed by atoms with E-state index < -0.39 is 5.54 Å². The van der Waals surface area contributed by atoms with Gasteiger partial charge >= 0.3 is 0 Å². The summed E-state index contributed by atoms with van der Waals surface area (Å²) in [5.74, 6) is 1.20. The van der Waals surface area contributed by atoms with Crippen LogP contribution in [0.5, 0.6) is 0 Å². The number of amides is 1. The van der Waals surface area contributed by atoms with Crippen LogP contribution in [0.25, 0.3) is 0 Å². The minimum Gasteiger partial charge on any atom is -0.355 e. The molecule has 0 heterocycles. The third kappa shape index (κ3) is 6.67. The second kappa shape index (κ2) is 7.70. The molecule has 0 aromatic heterocycles. The van der Waals surface area contributed by atoms with Crippen molar-refractivity contribution in [1.29, 1.82) is 0 Å². The van der Waals surface area contributed by atoms with Gasteiger partial charge in [0.25, 0.3) is 0 Å². The van der Waals surface area contributed by atoms with Crippen molar-refractivity contribution in [2.75, 3.05) is 13.1 Å². The zero-order valence-corrected chi connectivity index (χ0v) is 12.4. The number of rotatable bonds is 8. The summed E-state index contributed by atoms with van der Waals surface area (Å²) in [6.45, 7) is 14.4. The minimum atomic E-state index is -0.437. The fourth-order valence-electron chi connectivity index (χ4n) is 1.92. The van der Waals surface area contributed by atoms with Crippen molar-refractivity contribution in [3.05, 3.63) is 0 Å². The third-order valence-electron chi connectivity index (χ3n) is 2.75. The summed E-state index contributed by atoms with van der Waals surface area (Å²) in [5.41, 5.74) is -0.437. The van der Waals surface area contributed by atoms with Crippen molar-refractivity contribution in [1.82, 2.24) is 10.6 Å². The molecule has 0 radical (unpaired) electrons. The Hall–Kier alpha value is -0.570. The lowest BCUT2D eigenvalue weighted by atomic mass is 9.89. The first-order valence-electron chi connectivity index (χ1n) is 6.85. The van der Waals surface area contributed by atoms with Gasteiger partial charge in [-0.25, -0.2) is 0 Å². The van der Waals surface area contributed by atoms with Gasteiger partial charge in [-0.15, -0.1) is 0 Å². The van der Waals surface area contributed by atoms with E-state index in [-0.39, 0.29) is 5.91 Å². The third-order valence-corrected chi connectivity index (χ3v) is 2.75. The molecule has 3 heteroatoms. The lowest BCUT2D eigenvalue weighted by molar-refractivity contribution is -0.127. The number of carbonyl (C=O) groups excluding carboxylic acids is 1. The molecule has 17 heavy (non-hydrogen) atoms. The van der Waals surface area contributed by atoms with E-state index in [1.165, 1.54) is 0 Å². The van der Waals surface area contributed by atoms with Crippen LogP contribution < -0.4 is 10.6 Å². The van der Waals surface area contributed by atoms with E-state index in [1.807, 2.05) is 6.92 Å². The first-order valence-corrected chi connectivity index (χ1v) is 6.85. The van der Waals surface area contributed by atoms with Gasteiger partial charge in [0, 0.05) is 6.54 Å². The smallest absolute Gasteiger partial charge is 0.240 e. The number of carbonyl (C=O) groups is 1. The van der Waals surface area contributed by atoms with Crippen molar-refractivity contribution in [2.45, 2.75) is 59.9 Å². The SMILES string of the molecule is CCCNC(=O)C(C)(CC(C)C)NCC(C)C. The van der Waals surface area contributed by atoms with Crippen LogP contribution in [0.1, 0.15) is 54.4 Å². The van der Waals surface area contributed by atoms with Gasteiger partial charge in [0.05, 0.1) is 5.54 Å². The van der Waals surface area contributed by atoms with E-state index in [2.05, 4.69) is 45.3 Å². The fourth-order valence-corrected chi connectivity index (χ4v) is 1.92. The molecule has 0 aromatic rings. The van der Waals surface area contributed by atoms with Crippen LogP contribution in [0.3, 0.4) is 0 Å². The van der Waals surface area contributed by atoms with Crippen molar-refractivity contribution in [3.63, 3.8) is 0 Å². The van der Waals surface area contributed by atoms with Gasteiger partial charge in [0.2, 0.25) is 5.91 Å². The molecule has 1 amide bonds. The minimum absolute atomic E-state index is 0.133. The molecule has 0 aliphatic heterocycles. The van der Waals surface area contributed by atoms with E-state index in [1.54, 1.807) is 0 Å². The first-order chi connectivity index (χ1) is 7.81. The highest BCUT2D eigenvalue weighted by atomic mass is 16.2. The summed E-state index contributed by atoms with van der Waals surface area (Å²) in [6, 6.07) is 0. The van der Waals surface area contributed by atoms with Crippen LogP contribution in [-0.2, 0) is 4.79 Å². The van der Waals surface area contributed by atoms with Crippen LogP contribution in [-0.4, -0.2) is 24.5 Å². The Labute approximate surface area is 107 Å². The molecule has 102 valence electrons. The predicted octanol–water partition coefficient (Wildman–Crippen LogP) is 2.56. The highest BCUT2D eigenvalue weighted by Crippen LogP contribution is 2.17. The maximum atomic E-state index is 12.2. The molecule has 3 nitrogen and oxygen atoms in total. The second-order valence-corrected chi connectivity index (χ2v) is 5.96. The Bertz CT molecular complexity index is 226. The average Bonchev–Trinajstić information content (AvgIpc) is 2.22. The molecule has 0 bridgehead atoms. The number of hydrogen-bond donors (Lipinski definition) is 2. The molecular formula is C14H30N2O. The molecule has 1 atom stereocenters. The molecule has 0 saturated carbocycles. The molecule has 0 aliphatic rings. The van der Waals surface area contributed by atoms with Crippen molar-refractivity contribution in [2.24, 2.45) is 11.8 Å². The topological polar surface area (TPSA) is 41.1 Å². The summed E-state index contributed by atoms with van der Waals surface area (Å²) in [4.78, 5) is 12.2. The van der Waals surface area contributed by atoms with E-state index in [4.69, 9.17) is 0 Å². The van der Waals surface area contributed by atoms with Gasteiger partial charge in [0.1, 0.15) is 0 Å². The normalized spacial score (nSPS) is 15.1. The molecule has 0 aliphatic carbocycles. The largest absolute Gasteiger partial charge is 0.355 e. The van der Waals surface area contributed by atoms with Gasteiger partial charge in [-0.1, -0.05) is 34.6 Å². The molecule has 0 saturated heterocycles. The van der Waals surface area contributed by atoms with Crippen LogP contribution in [0.15, 0.2) is 0 Å². The standard InChI is InChI=1S/C14H30N2O/c1-7-8-15-13(17)14(6,9-11(2)3)16-10-12(4)5/h11-12,16H,7-10H2,1-6H3,(H,15,17). The van der Waals surface area contributed by atoms with Crippen molar-refractivity contribution < 1.29 is 4.79 Å². The van der Waals surface area contributed by atoms with Crippen molar-refractivity contribution in [3.8, 4) is 0 Å². The zero-order valence-electron chi connectivity index (χ0n) is 12.4. The number of nitrogens with one attached hydrogen (secondary N) is 2. The van der Waals surface area contributed by atoms with E-state index in [0.29, 0.717) is 11.8 Å². The highest BCUT2D eigenvalue weighted by molar-refractivity contribution is 5.85. The molecular weight excluding hydrogens is 212 g/mol. The van der Waals surface area contributed by atoms with Crippen LogP contribution >= 0.6 is 0 Å². The van der Waals surface area contributed by atoms with E-state index in [0.717, 1.165) is 25.9 Å². The van der Waals surface area contributed by atoms with Gasteiger partial charge in [-0.2, -0.15) is 0 Å². The summed E-state index contributed by atoms with van der Waals surface area (Å²) in [6.07, 6.45) is 1.85. The van der Waals surface area contributed by atoms with E-state index >= 15 is 0 Å². The lowest BCUT2D eigenvalue weighted by Crippen LogP contribution is -2.56. The van der Waals surface area contributed by atoms with Crippen LogP contribution in [0, 0.1) is 11.8 Å². The first kappa shape index (κ1) is 16.4. The molecule has 0 rings (SSSR count).